The van der Waals surface area contributed by atoms with Crippen LogP contribution in [0.2, 0.25) is 0 Å². The molecule has 3 aliphatic heterocycles. The van der Waals surface area contributed by atoms with E-state index in [2.05, 4.69) is 14.8 Å². The third kappa shape index (κ3) is 5.65. The number of likely N-dealkylation sites (tertiary alicyclic amines) is 1. The van der Waals surface area contributed by atoms with Crippen LogP contribution in [0, 0.1) is 5.41 Å². The number of fused-ring (bicyclic) bond motifs is 2. The highest BCUT2D eigenvalue weighted by Gasteiger charge is 2.47. The summed E-state index contributed by atoms with van der Waals surface area (Å²) in [4.78, 5) is 74.2. The van der Waals surface area contributed by atoms with Crippen LogP contribution >= 0.6 is 0 Å². The molecule has 1 aliphatic carbocycles. The van der Waals surface area contributed by atoms with E-state index >= 15 is 0 Å². The summed E-state index contributed by atoms with van der Waals surface area (Å²) in [5.41, 5.74) is 4.36. The minimum absolute atomic E-state index is 0.102. The molecule has 4 aliphatic rings. The molecular formula is C40H41N5O7. The molecule has 1 saturated carbocycles. The maximum atomic E-state index is 13.5. The van der Waals surface area contributed by atoms with Crippen molar-refractivity contribution in [1.82, 2.24) is 19.4 Å². The van der Waals surface area contributed by atoms with Crippen molar-refractivity contribution >= 4 is 39.8 Å². The highest BCUT2D eigenvalue weighted by Crippen LogP contribution is 2.45. The standard InChI is InChI=1S/C40H41N5O7/c1-42-20-31(27-9-12-41-19-30(27)37(42)48)24-15-35(51-2)32(36(16-24)52-3)21-43-13-10-40(11-14-43)22-44(23-40)25-7-8-28-29(17-25)39(50)45(38(28)49)33-6-4-5-26(46)18-34(33)47/h7-9,12,15-17,19-20,33H,4-6,10-11,13-14,18,21-23H2,1-3H3. The van der Waals surface area contributed by atoms with Gasteiger partial charge < -0.3 is 18.9 Å². The Labute approximate surface area is 300 Å². The van der Waals surface area contributed by atoms with Crippen molar-refractivity contribution in [3.8, 4) is 22.6 Å². The highest BCUT2D eigenvalue weighted by atomic mass is 16.5. The monoisotopic (exact) mass is 703 g/mol. The van der Waals surface area contributed by atoms with Gasteiger partial charge >= 0.3 is 0 Å². The van der Waals surface area contributed by atoms with Gasteiger partial charge in [-0.2, -0.15) is 0 Å². The van der Waals surface area contributed by atoms with Crippen molar-refractivity contribution in [1.29, 1.82) is 0 Å². The van der Waals surface area contributed by atoms with Crippen LogP contribution in [0.5, 0.6) is 11.5 Å². The number of imide groups is 1. The molecule has 1 spiro atoms. The minimum atomic E-state index is -0.879. The number of amides is 2. The largest absolute Gasteiger partial charge is 0.496 e. The smallest absolute Gasteiger partial charge is 0.262 e. The number of nitrogens with zero attached hydrogens (tertiary/aromatic N) is 5. The van der Waals surface area contributed by atoms with E-state index in [0.29, 0.717) is 42.3 Å². The molecule has 12 nitrogen and oxygen atoms in total. The summed E-state index contributed by atoms with van der Waals surface area (Å²) in [5.74, 6) is 0.0601. The second-order valence-corrected chi connectivity index (χ2v) is 14.7. The van der Waals surface area contributed by atoms with Gasteiger partial charge in [-0.3, -0.25) is 38.8 Å². The number of aromatic nitrogens is 2. The molecule has 268 valence electrons. The summed E-state index contributed by atoms with van der Waals surface area (Å²) in [6.07, 6.45) is 8.05. The molecule has 12 heteroatoms. The van der Waals surface area contributed by atoms with Gasteiger partial charge in [0.25, 0.3) is 17.4 Å². The van der Waals surface area contributed by atoms with Crippen LogP contribution in [0.15, 0.2) is 59.8 Å². The number of ketones is 2. The van der Waals surface area contributed by atoms with E-state index in [9.17, 15) is 24.0 Å². The van der Waals surface area contributed by atoms with Gasteiger partial charge in [-0.05, 0) is 86.1 Å². The molecule has 2 aromatic carbocycles. The molecule has 4 aromatic rings. The predicted octanol–water partition coefficient (Wildman–Crippen LogP) is 4.40. The van der Waals surface area contributed by atoms with Crippen LogP contribution in [-0.2, 0) is 23.2 Å². The first kappa shape index (κ1) is 33.8. The van der Waals surface area contributed by atoms with Gasteiger partial charge in [0.05, 0.1) is 48.8 Å². The Kier molecular flexibility index (Phi) is 8.44. The number of rotatable bonds is 7. The number of aryl methyl sites for hydroxylation is 1. The topological polar surface area (TPSA) is 131 Å². The fourth-order valence-corrected chi connectivity index (χ4v) is 8.56. The Morgan fingerprint density at radius 2 is 1.58 bits per heavy atom. The Morgan fingerprint density at radius 1 is 0.865 bits per heavy atom. The van der Waals surface area contributed by atoms with Gasteiger partial charge in [0.2, 0.25) is 0 Å². The van der Waals surface area contributed by atoms with Crippen molar-refractivity contribution < 1.29 is 28.7 Å². The lowest BCUT2D eigenvalue weighted by molar-refractivity contribution is -0.128. The third-order valence-corrected chi connectivity index (χ3v) is 11.5. The number of piperidine rings is 1. The highest BCUT2D eigenvalue weighted by molar-refractivity contribution is 6.23. The first-order valence-electron chi connectivity index (χ1n) is 17.8. The molecule has 0 bridgehead atoms. The van der Waals surface area contributed by atoms with Gasteiger partial charge in [-0.1, -0.05) is 0 Å². The van der Waals surface area contributed by atoms with Gasteiger partial charge in [0.1, 0.15) is 17.3 Å². The van der Waals surface area contributed by atoms with E-state index < -0.39 is 17.9 Å². The molecule has 2 saturated heterocycles. The van der Waals surface area contributed by atoms with E-state index in [1.165, 1.54) is 0 Å². The molecule has 5 heterocycles. The first-order valence-corrected chi connectivity index (χ1v) is 17.8. The van der Waals surface area contributed by atoms with Gasteiger partial charge in [-0.25, -0.2) is 0 Å². The maximum absolute atomic E-state index is 13.5. The average molecular weight is 704 g/mol. The molecule has 3 fully saturated rings. The Bertz CT molecular complexity index is 2190. The number of carbonyl (C=O) groups is 4. The number of hydrogen-bond acceptors (Lipinski definition) is 10. The summed E-state index contributed by atoms with van der Waals surface area (Å²) < 4.78 is 13.4. The van der Waals surface area contributed by atoms with Crippen molar-refractivity contribution in [2.75, 3.05) is 45.3 Å². The Balaban J connectivity index is 0.938. The van der Waals surface area contributed by atoms with Crippen LogP contribution in [-0.4, -0.2) is 89.2 Å². The van der Waals surface area contributed by atoms with Crippen LogP contribution in [0.4, 0.5) is 5.69 Å². The number of pyridine rings is 2. The van der Waals surface area contributed by atoms with E-state index in [-0.39, 0.29) is 29.0 Å². The summed E-state index contributed by atoms with van der Waals surface area (Å²) in [7, 11) is 5.07. The molecule has 0 radical (unpaired) electrons. The SMILES string of the molecule is COc1cc(-c2cn(C)c(=O)c3cnccc23)cc(OC)c1CN1CCC2(CC1)CN(c1ccc3c(c1)C(=O)N(C1CCCC(=O)CC1=O)C3=O)C2. The Hall–Kier alpha value is -5.36. The van der Waals surface area contributed by atoms with Crippen molar-refractivity contribution in [3.63, 3.8) is 0 Å². The van der Waals surface area contributed by atoms with Crippen LogP contribution in [0.3, 0.4) is 0 Å². The number of hydrogen-bond donors (Lipinski definition) is 0. The van der Waals surface area contributed by atoms with E-state index in [1.807, 2.05) is 30.5 Å². The second-order valence-electron chi connectivity index (χ2n) is 14.7. The molecule has 2 amide bonds. The fraction of sp³-hybridized carbons (Fsp3) is 0.400. The molecule has 8 rings (SSSR count). The number of methoxy groups -OCH3 is 2. The number of carbonyl (C=O) groups excluding carboxylic acids is 4. The van der Waals surface area contributed by atoms with Crippen LogP contribution in [0.25, 0.3) is 21.9 Å². The second kappa shape index (κ2) is 13.0. The summed E-state index contributed by atoms with van der Waals surface area (Å²) in [5, 5.41) is 1.37. The van der Waals surface area contributed by atoms with E-state index in [1.54, 1.807) is 50.4 Å². The number of Topliss-reactive ketones (excluding diaryl/α,β-unsaturated/α-hetero) is 2. The molecule has 0 N–H and O–H groups in total. The minimum Gasteiger partial charge on any atom is -0.496 e. The van der Waals surface area contributed by atoms with Crippen LogP contribution in [0.1, 0.15) is 64.8 Å². The first-order chi connectivity index (χ1) is 25.1. The average Bonchev–Trinajstić information content (AvgIpc) is 3.26. The number of anilines is 1. The van der Waals surface area contributed by atoms with Gasteiger partial charge in [0, 0.05) is 68.4 Å². The molecule has 52 heavy (non-hydrogen) atoms. The maximum Gasteiger partial charge on any atom is 0.262 e. The zero-order chi connectivity index (χ0) is 36.3. The molecule has 1 unspecified atom stereocenters. The zero-order valence-corrected chi connectivity index (χ0v) is 29.6. The number of benzene rings is 2. The Morgan fingerprint density at radius 3 is 2.29 bits per heavy atom. The van der Waals surface area contributed by atoms with Crippen LogP contribution < -0.4 is 19.9 Å². The van der Waals surface area contributed by atoms with Crippen molar-refractivity contribution in [3.05, 3.63) is 82.0 Å². The van der Waals surface area contributed by atoms with Crippen molar-refractivity contribution in [2.45, 2.75) is 51.1 Å². The summed E-state index contributed by atoms with van der Waals surface area (Å²) in [6.45, 7) is 4.20. The lowest BCUT2D eigenvalue weighted by atomic mass is 9.71. The lowest BCUT2D eigenvalue weighted by Crippen LogP contribution is -2.60. The lowest BCUT2D eigenvalue weighted by Gasteiger charge is -2.55. The summed E-state index contributed by atoms with van der Waals surface area (Å²) >= 11 is 0. The molecule has 2 aromatic heterocycles. The van der Waals surface area contributed by atoms with Crippen molar-refractivity contribution in [2.24, 2.45) is 12.5 Å². The predicted molar refractivity (Wildman–Crippen MR) is 194 cm³/mol. The quantitative estimate of drug-likeness (QED) is 0.155. The zero-order valence-electron chi connectivity index (χ0n) is 29.6. The molecule has 1 atom stereocenters. The molecular weight excluding hydrogens is 662 g/mol. The van der Waals surface area contributed by atoms with E-state index in [4.69, 9.17) is 9.47 Å². The van der Waals surface area contributed by atoms with Gasteiger partial charge in [-0.15, -0.1) is 0 Å². The summed E-state index contributed by atoms with van der Waals surface area (Å²) in [6, 6.07) is 10.4. The third-order valence-electron chi connectivity index (χ3n) is 11.5. The van der Waals surface area contributed by atoms with Gasteiger partial charge in [0.15, 0.2) is 5.78 Å². The normalized spacial score (nSPS) is 20.3. The van der Waals surface area contributed by atoms with E-state index in [0.717, 1.165) is 83.2 Å². The number of ether oxygens (including phenoxy) is 2. The fourth-order valence-electron chi connectivity index (χ4n) is 8.56.